The summed E-state index contributed by atoms with van der Waals surface area (Å²) in [5.41, 5.74) is 1.12. The number of carbonyl (C=O) groups is 1. The van der Waals surface area contributed by atoms with Gasteiger partial charge in [-0.1, -0.05) is 18.2 Å². The molecule has 8 heteroatoms. The maximum atomic E-state index is 10.9. The number of hydrogen-bond acceptors (Lipinski definition) is 6. The normalized spacial score (nSPS) is 10.7. The van der Waals surface area contributed by atoms with Gasteiger partial charge in [-0.25, -0.2) is 4.79 Å². The number of methoxy groups -OCH3 is 1. The van der Waals surface area contributed by atoms with E-state index in [0.29, 0.717) is 16.9 Å². The molecule has 0 aliphatic carbocycles. The number of rotatable bonds is 7. The first-order valence-electron chi connectivity index (χ1n) is 7.34. The van der Waals surface area contributed by atoms with Crippen LogP contribution in [0.2, 0.25) is 0 Å². The van der Waals surface area contributed by atoms with E-state index in [1.807, 2.05) is 6.07 Å². The molecule has 0 saturated heterocycles. The number of nitrogens with zero attached hydrogens (tertiary/aromatic N) is 2. The minimum Gasteiger partial charge on any atom is -0.493 e. The summed E-state index contributed by atoms with van der Waals surface area (Å²) >= 11 is 0. The Morgan fingerprint density at radius 3 is 2.69 bits per heavy atom. The summed E-state index contributed by atoms with van der Waals surface area (Å²) in [6, 6.07) is 12.5. The Labute approximate surface area is 148 Å². The second-order valence-electron chi connectivity index (χ2n) is 5.07. The molecule has 0 fully saturated rings. The highest BCUT2D eigenvalue weighted by atomic mass is 16.6. The SMILES string of the molecule is COc1cc(C=C(C#N)c2cccc([N+](=O)[O-])c2)ccc1OCC(=O)O. The second-order valence-corrected chi connectivity index (χ2v) is 5.07. The van der Waals surface area contributed by atoms with E-state index in [2.05, 4.69) is 0 Å². The van der Waals surface area contributed by atoms with E-state index in [1.54, 1.807) is 24.3 Å². The summed E-state index contributed by atoms with van der Waals surface area (Å²) in [4.78, 5) is 20.9. The first-order valence-corrected chi connectivity index (χ1v) is 7.34. The Kier molecular flexibility index (Phi) is 5.90. The summed E-state index contributed by atoms with van der Waals surface area (Å²) in [5.74, 6) is -0.564. The highest BCUT2D eigenvalue weighted by Gasteiger charge is 2.11. The van der Waals surface area contributed by atoms with Crippen molar-refractivity contribution in [2.45, 2.75) is 0 Å². The predicted molar refractivity (Wildman–Crippen MR) is 92.7 cm³/mol. The summed E-state index contributed by atoms with van der Waals surface area (Å²) in [5, 5.41) is 28.9. The molecular weight excluding hydrogens is 340 g/mol. The minimum atomic E-state index is -1.12. The van der Waals surface area contributed by atoms with Crippen LogP contribution in [0.5, 0.6) is 11.5 Å². The highest BCUT2D eigenvalue weighted by molar-refractivity contribution is 5.90. The molecule has 26 heavy (non-hydrogen) atoms. The molecule has 0 unspecified atom stereocenters. The fourth-order valence-electron chi connectivity index (χ4n) is 2.17. The van der Waals surface area contributed by atoms with E-state index < -0.39 is 17.5 Å². The molecule has 0 spiro atoms. The topological polar surface area (TPSA) is 123 Å². The van der Waals surface area contributed by atoms with Gasteiger partial charge in [0.1, 0.15) is 0 Å². The Bertz CT molecular complexity index is 914. The van der Waals surface area contributed by atoms with Gasteiger partial charge in [-0.3, -0.25) is 10.1 Å². The van der Waals surface area contributed by atoms with Gasteiger partial charge in [0, 0.05) is 12.1 Å². The largest absolute Gasteiger partial charge is 0.493 e. The average Bonchev–Trinajstić information content (AvgIpc) is 2.64. The van der Waals surface area contributed by atoms with Crippen molar-refractivity contribution < 1.29 is 24.3 Å². The van der Waals surface area contributed by atoms with E-state index in [9.17, 15) is 20.2 Å². The van der Waals surface area contributed by atoms with Crippen LogP contribution in [0.3, 0.4) is 0 Å². The number of nitriles is 1. The number of allylic oxidation sites excluding steroid dienone is 1. The lowest BCUT2D eigenvalue weighted by molar-refractivity contribution is -0.384. The molecule has 2 aromatic rings. The Hall–Kier alpha value is -3.86. The average molecular weight is 354 g/mol. The van der Waals surface area contributed by atoms with Crippen molar-refractivity contribution in [1.29, 1.82) is 5.26 Å². The minimum absolute atomic E-state index is 0.112. The smallest absolute Gasteiger partial charge is 0.341 e. The van der Waals surface area contributed by atoms with Crippen LogP contribution in [0.15, 0.2) is 42.5 Å². The Balaban J connectivity index is 2.37. The van der Waals surface area contributed by atoms with E-state index in [4.69, 9.17) is 14.6 Å². The molecular formula is C18H14N2O6. The fraction of sp³-hybridized carbons (Fsp3) is 0.111. The predicted octanol–water partition coefficient (Wildman–Crippen LogP) is 3.13. The summed E-state index contributed by atoms with van der Waals surface area (Å²) < 4.78 is 10.3. The van der Waals surface area contributed by atoms with Gasteiger partial charge >= 0.3 is 5.97 Å². The molecule has 0 aliphatic rings. The molecule has 2 rings (SSSR count). The third kappa shape index (κ3) is 4.58. The molecule has 0 saturated carbocycles. The van der Waals surface area contributed by atoms with Crippen LogP contribution in [-0.4, -0.2) is 29.7 Å². The molecule has 0 amide bonds. The van der Waals surface area contributed by atoms with Gasteiger partial charge < -0.3 is 14.6 Å². The van der Waals surface area contributed by atoms with Gasteiger partial charge in [-0.2, -0.15) is 5.26 Å². The first kappa shape index (κ1) is 18.5. The molecule has 0 bridgehead atoms. The van der Waals surface area contributed by atoms with Crippen LogP contribution in [0.4, 0.5) is 5.69 Å². The molecule has 132 valence electrons. The number of hydrogen-bond donors (Lipinski definition) is 1. The molecule has 0 atom stereocenters. The van der Waals surface area contributed by atoms with Crippen molar-refractivity contribution in [1.82, 2.24) is 0 Å². The standard InChI is InChI=1S/C18H14N2O6/c1-25-17-8-12(5-6-16(17)26-11-18(21)22)7-14(10-19)13-3-2-4-15(9-13)20(23)24/h2-9H,11H2,1H3,(H,21,22). The van der Waals surface area contributed by atoms with Crippen LogP contribution in [0, 0.1) is 21.4 Å². The number of aliphatic carboxylic acids is 1. The fourth-order valence-corrected chi connectivity index (χ4v) is 2.17. The number of carboxylic acid groups (broad SMARTS) is 1. The van der Waals surface area contributed by atoms with Gasteiger partial charge in [0.25, 0.3) is 5.69 Å². The molecule has 0 heterocycles. The van der Waals surface area contributed by atoms with Crippen molar-refractivity contribution in [3.05, 3.63) is 63.7 Å². The molecule has 1 N–H and O–H groups in total. The monoisotopic (exact) mass is 354 g/mol. The van der Waals surface area contributed by atoms with Crippen molar-refractivity contribution in [3.8, 4) is 17.6 Å². The zero-order valence-electron chi connectivity index (χ0n) is 13.7. The van der Waals surface area contributed by atoms with Gasteiger partial charge in [0.2, 0.25) is 0 Å². The highest BCUT2D eigenvalue weighted by Crippen LogP contribution is 2.30. The van der Waals surface area contributed by atoms with Crippen molar-refractivity contribution in [2.24, 2.45) is 0 Å². The zero-order valence-corrected chi connectivity index (χ0v) is 13.7. The number of ether oxygens (including phenoxy) is 2. The first-order chi connectivity index (χ1) is 12.4. The van der Waals surface area contributed by atoms with E-state index in [0.717, 1.165) is 0 Å². The lowest BCUT2D eigenvalue weighted by Crippen LogP contribution is -2.10. The lowest BCUT2D eigenvalue weighted by Gasteiger charge is -2.10. The Morgan fingerprint density at radius 1 is 1.31 bits per heavy atom. The molecule has 8 nitrogen and oxygen atoms in total. The van der Waals surface area contributed by atoms with Crippen molar-refractivity contribution >= 4 is 23.3 Å². The number of carboxylic acids is 1. The van der Waals surface area contributed by atoms with Crippen LogP contribution < -0.4 is 9.47 Å². The van der Waals surface area contributed by atoms with E-state index in [1.165, 1.54) is 31.4 Å². The van der Waals surface area contributed by atoms with Crippen LogP contribution >= 0.6 is 0 Å². The zero-order chi connectivity index (χ0) is 19.1. The van der Waals surface area contributed by atoms with Gasteiger partial charge in [-0.05, 0) is 29.3 Å². The quantitative estimate of drug-likeness (QED) is 0.351. The summed E-state index contributed by atoms with van der Waals surface area (Å²) in [6.07, 6.45) is 1.54. The third-order valence-corrected chi connectivity index (χ3v) is 3.34. The summed E-state index contributed by atoms with van der Waals surface area (Å²) in [6.45, 7) is -0.511. The molecule has 0 aromatic heterocycles. The number of nitro benzene ring substituents is 1. The number of nitro groups is 1. The number of non-ortho nitro benzene ring substituents is 1. The van der Waals surface area contributed by atoms with Gasteiger partial charge in [0.05, 0.1) is 23.7 Å². The summed E-state index contributed by atoms with van der Waals surface area (Å²) in [7, 11) is 1.40. The number of benzene rings is 2. The van der Waals surface area contributed by atoms with Crippen LogP contribution in [0.1, 0.15) is 11.1 Å². The Morgan fingerprint density at radius 2 is 2.08 bits per heavy atom. The lowest BCUT2D eigenvalue weighted by atomic mass is 10.0. The second kappa shape index (κ2) is 8.30. The maximum Gasteiger partial charge on any atom is 0.341 e. The maximum absolute atomic E-state index is 10.9. The van der Waals surface area contributed by atoms with Crippen LogP contribution in [-0.2, 0) is 4.79 Å². The van der Waals surface area contributed by atoms with Crippen molar-refractivity contribution in [2.75, 3.05) is 13.7 Å². The molecule has 0 aliphatic heterocycles. The van der Waals surface area contributed by atoms with Gasteiger partial charge in [-0.15, -0.1) is 0 Å². The molecule has 2 aromatic carbocycles. The van der Waals surface area contributed by atoms with Crippen molar-refractivity contribution in [3.63, 3.8) is 0 Å². The van der Waals surface area contributed by atoms with Gasteiger partial charge in [0.15, 0.2) is 18.1 Å². The third-order valence-electron chi connectivity index (χ3n) is 3.34. The molecule has 0 radical (unpaired) electrons. The van der Waals surface area contributed by atoms with E-state index >= 15 is 0 Å². The van der Waals surface area contributed by atoms with Crippen LogP contribution in [0.25, 0.3) is 11.6 Å². The van der Waals surface area contributed by atoms with E-state index in [-0.39, 0.29) is 17.0 Å².